The molecule has 2 aromatic carbocycles. The van der Waals surface area contributed by atoms with Crippen LogP contribution in [0.1, 0.15) is 27.2 Å². The molecule has 0 aliphatic heterocycles. The number of carbonyl (C=O) groups is 1. The lowest BCUT2D eigenvalue weighted by Gasteiger charge is -2.13. The molecule has 3 rings (SSSR count). The molecule has 1 heterocycles. The van der Waals surface area contributed by atoms with Crippen LogP contribution in [0.5, 0.6) is 0 Å². The highest BCUT2D eigenvalue weighted by Gasteiger charge is 2.37. The van der Waals surface area contributed by atoms with Gasteiger partial charge in [-0.15, -0.1) is 0 Å². The van der Waals surface area contributed by atoms with E-state index in [1.54, 1.807) is 0 Å². The monoisotopic (exact) mass is 366 g/mol. The fourth-order valence-electron chi connectivity index (χ4n) is 2.84. The van der Waals surface area contributed by atoms with Gasteiger partial charge in [0, 0.05) is 28.7 Å². The molecule has 0 atom stereocenters. The van der Waals surface area contributed by atoms with Gasteiger partial charge in [-0.05, 0) is 25.1 Å². The average molecular weight is 366 g/mol. The Hall–Kier alpha value is -3.23. The number of ketones is 1. The van der Waals surface area contributed by atoms with Crippen molar-refractivity contribution in [2.24, 2.45) is 0 Å². The molecule has 0 fully saturated rings. The zero-order valence-electron chi connectivity index (χ0n) is 13.1. The summed E-state index contributed by atoms with van der Waals surface area (Å²) in [6.07, 6.45) is -4.93. The summed E-state index contributed by atoms with van der Waals surface area (Å²) < 4.78 is 53.7. The second-order valence-corrected chi connectivity index (χ2v) is 5.60. The molecule has 1 aromatic heterocycles. The molecule has 0 unspecified atom stereocenters. The summed E-state index contributed by atoms with van der Waals surface area (Å²) in [5.41, 5.74) is -2.59. The topological polar surface area (TPSA) is 76.0 Å². The van der Waals surface area contributed by atoms with Gasteiger partial charge in [0.1, 0.15) is 5.82 Å². The Morgan fingerprint density at radius 1 is 1.15 bits per heavy atom. The highest BCUT2D eigenvalue weighted by atomic mass is 19.4. The molecule has 0 bridgehead atoms. The van der Waals surface area contributed by atoms with E-state index in [2.05, 4.69) is 4.98 Å². The number of nitro benzene ring substituents is 1. The second-order valence-electron chi connectivity index (χ2n) is 5.60. The lowest BCUT2D eigenvalue weighted by Crippen LogP contribution is -2.16. The SMILES string of the molecule is Cc1[nH]c2ccc([N+](=O)[O-])cc2c1C(=O)c1c(F)cccc1C(F)(F)F. The van der Waals surface area contributed by atoms with Crippen LogP contribution in [0.25, 0.3) is 10.9 Å². The second kappa shape index (κ2) is 5.94. The number of nitrogens with one attached hydrogen (secondary N) is 1. The van der Waals surface area contributed by atoms with Crippen molar-refractivity contribution < 1.29 is 27.3 Å². The molecule has 0 saturated carbocycles. The molecule has 0 radical (unpaired) electrons. The van der Waals surface area contributed by atoms with Crippen LogP contribution < -0.4 is 0 Å². The van der Waals surface area contributed by atoms with E-state index in [0.717, 1.165) is 18.2 Å². The molecule has 0 aliphatic carbocycles. The van der Waals surface area contributed by atoms with Gasteiger partial charge in [0.05, 0.1) is 21.6 Å². The number of carbonyl (C=O) groups excluding carboxylic acids is 1. The lowest BCUT2D eigenvalue weighted by atomic mass is 9.95. The average Bonchev–Trinajstić information content (AvgIpc) is 2.87. The molecule has 26 heavy (non-hydrogen) atoms. The smallest absolute Gasteiger partial charge is 0.358 e. The Kier molecular flexibility index (Phi) is 4.02. The first-order chi connectivity index (χ1) is 12.1. The summed E-state index contributed by atoms with van der Waals surface area (Å²) in [5, 5.41) is 11.0. The third kappa shape index (κ3) is 2.81. The zero-order valence-corrected chi connectivity index (χ0v) is 13.1. The van der Waals surface area contributed by atoms with E-state index in [4.69, 9.17) is 0 Å². The van der Waals surface area contributed by atoms with Crippen LogP contribution >= 0.6 is 0 Å². The van der Waals surface area contributed by atoms with Gasteiger partial charge in [-0.2, -0.15) is 13.2 Å². The Morgan fingerprint density at radius 2 is 1.85 bits per heavy atom. The van der Waals surface area contributed by atoms with E-state index >= 15 is 0 Å². The number of hydrogen-bond donors (Lipinski definition) is 1. The fourth-order valence-corrected chi connectivity index (χ4v) is 2.84. The summed E-state index contributed by atoms with van der Waals surface area (Å²) in [5.74, 6) is -2.51. The van der Waals surface area contributed by atoms with Gasteiger partial charge in [0.15, 0.2) is 5.78 Å². The van der Waals surface area contributed by atoms with Crippen LogP contribution in [0, 0.1) is 22.9 Å². The molecule has 5 nitrogen and oxygen atoms in total. The number of H-pyrrole nitrogens is 1. The lowest BCUT2D eigenvalue weighted by molar-refractivity contribution is -0.384. The van der Waals surface area contributed by atoms with Gasteiger partial charge in [-0.25, -0.2) is 4.39 Å². The Morgan fingerprint density at radius 3 is 2.46 bits per heavy atom. The largest absolute Gasteiger partial charge is 0.417 e. The molecule has 0 aliphatic rings. The van der Waals surface area contributed by atoms with Crippen molar-refractivity contribution in [3.63, 3.8) is 0 Å². The van der Waals surface area contributed by atoms with E-state index in [9.17, 15) is 32.5 Å². The van der Waals surface area contributed by atoms with Gasteiger partial charge in [0.25, 0.3) is 5.69 Å². The number of halogens is 4. The Bertz CT molecular complexity index is 1050. The summed E-state index contributed by atoms with van der Waals surface area (Å²) in [7, 11) is 0. The molecule has 1 N–H and O–H groups in total. The number of aromatic amines is 1. The molecule has 0 spiro atoms. The standard InChI is InChI=1S/C17H10F4N2O3/c1-8-14(10-7-9(23(25)26)5-6-13(10)22-8)16(24)15-11(17(19,20)21)3-2-4-12(15)18/h2-7,22H,1H3. The number of non-ortho nitro benzene ring substituents is 1. The number of alkyl halides is 3. The minimum atomic E-state index is -4.93. The maximum atomic E-state index is 14.1. The van der Waals surface area contributed by atoms with Crippen molar-refractivity contribution in [2.75, 3.05) is 0 Å². The quantitative estimate of drug-likeness (QED) is 0.314. The van der Waals surface area contributed by atoms with Crippen LogP contribution in [-0.2, 0) is 6.18 Å². The molecule has 0 saturated heterocycles. The van der Waals surface area contributed by atoms with E-state index in [0.29, 0.717) is 11.6 Å². The molecule has 134 valence electrons. The third-order valence-electron chi connectivity index (χ3n) is 3.95. The van der Waals surface area contributed by atoms with Crippen molar-refractivity contribution in [2.45, 2.75) is 13.1 Å². The molecule has 3 aromatic rings. The van der Waals surface area contributed by atoms with Crippen LogP contribution in [0.2, 0.25) is 0 Å². The minimum absolute atomic E-state index is 0.0538. The highest BCUT2D eigenvalue weighted by Crippen LogP contribution is 2.36. The van der Waals surface area contributed by atoms with Gasteiger partial charge >= 0.3 is 6.18 Å². The predicted molar refractivity (Wildman–Crippen MR) is 84.5 cm³/mol. The van der Waals surface area contributed by atoms with Crippen LogP contribution in [0.15, 0.2) is 36.4 Å². The number of benzene rings is 2. The maximum Gasteiger partial charge on any atom is 0.417 e. The van der Waals surface area contributed by atoms with Gasteiger partial charge in [-0.3, -0.25) is 14.9 Å². The molecule has 0 amide bonds. The van der Waals surface area contributed by atoms with Crippen LogP contribution in [0.4, 0.5) is 23.2 Å². The summed E-state index contributed by atoms with van der Waals surface area (Å²) >= 11 is 0. The first-order valence-electron chi connectivity index (χ1n) is 7.28. The summed E-state index contributed by atoms with van der Waals surface area (Å²) in [4.78, 5) is 25.8. The Labute approximate surface area is 143 Å². The first-order valence-corrected chi connectivity index (χ1v) is 7.28. The van der Waals surface area contributed by atoms with Gasteiger partial charge in [-0.1, -0.05) is 6.07 Å². The van der Waals surface area contributed by atoms with Crippen molar-refractivity contribution >= 4 is 22.4 Å². The zero-order chi connectivity index (χ0) is 19.2. The number of fused-ring (bicyclic) bond motifs is 1. The third-order valence-corrected chi connectivity index (χ3v) is 3.95. The normalized spacial score (nSPS) is 11.7. The van der Waals surface area contributed by atoms with Crippen molar-refractivity contribution in [3.05, 3.63) is 74.7 Å². The molecular weight excluding hydrogens is 356 g/mol. The maximum absolute atomic E-state index is 14.1. The summed E-state index contributed by atoms with van der Waals surface area (Å²) in [6.45, 7) is 1.42. The van der Waals surface area contributed by atoms with Crippen LogP contribution in [-0.4, -0.2) is 15.7 Å². The minimum Gasteiger partial charge on any atom is -0.358 e. The number of nitro groups is 1. The predicted octanol–water partition coefficient (Wildman–Crippen LogP) is 4.77. The van der Waals surface area contributed by atoms with Gasteiger partial charge < -0.3 is 4.98 Å². The Balaban J connectivity index is 2.29. The van der Waals surface area contributed by atoms with E-state index in [-0.39, 0.29) is 22.3 Å². The highest BCUT2D eigenvalue weighted by molar-refractivity contribution is 6.18. The number of nitrogens with zero attached hydrogens (tertiary/aromatic N) is 1. The fraction of sp³-hybridized carbons (Fsp3) is 0.118. The molecule has 9 heteroatoms. The van der Waals surface area contributed by atoms with Crippen molar-refractivity contribution in [1.82, 2.24) is 4.98 Å². The summed E-state index contributed by atoms with van der Waals surface area (Å²) in [6, 6.07) is 5.83. The number of rotatable bonds is 3. The number of aromatic nitrogens is 1. The molecular formula is C17H10F4N2O3. The van der Waals surface area contributed by atoms with Gasteiger partial charge in [0.2, 0.25) is 0 Å². The number of hydrogen-bond acceptors (Lipinski definition) is 3. The van der Waals surface area contributed by atoms with E-state index in [1.165, 1.54) is 19.1 Å². The first kappa shape index (κ1) is 17.6. The van der Waals surface area contributed by atoms with Crippen molar-refractivity contribution in [1.29, 1.82) is 0 Å². The van der Waals surface area contributed by atoms with E-state index in [1.807, 2.05) is 0 Å². The van der Waals surface area contributed by atoms with Crippen molar-refractivity contribution in [3.8, 4) is 0 Å². The van der Waals surface area contributed by atoms with Crippen LogP contribution in [0.3, 0.4) is 0 Å². The number of aryl methyl sites for hydroxylation is 1. The van der Waals surface area contributed by atoms with E-state index < -0.39 is 33.8 Å².